The molecule has 0 unspecified atom stereocenters. The van der Waals surface area contributed by atoms with Crippen LogP contribution < -0.4 is 4.73 Å². The number of aromatic nitrogens is 2. The van der Waals surface area contributed by atoms with Gasteiger partial charge in [0.1, 0.15) is 6.20 Å². The molecule has 0 aromatic carbocycles. The zero-order chi connectivity index (χ0) is 8.43. The fraction of sp³-hybridized carbons (Fsp3) is 0.429. The Bertz CT molecular complexity index is 261. The summed E-state index contributed by atoms with van der Waals surface area (Å²) < 4.78 is 0.325. The summed E-state index contributed by atoms with van der Waals surface area (Å²) in [5, 5.41) is 19.5. The first-order valence-corrected chi connectivity index (χ1v) is 3.40. The molecule has 0 bridgehead atoms. The lowest BCUT2D eigenvalue weighted by Crippen LogP contribution is -2.26. The fourth-order valence-corrected chi connectivity index (χ4v) is 0.734. The molecule has 1 aromatic heterocycles. The molecule has 0 atom stereocenters. The van der Waals surface area contributed by atoms with E-state index in [0.29, 0.717) is 4.73 Å². The summed E-state index contributed by atoms with van der Waals surface area (Å²) in [5.74, 6) is 0.224. The smallest absolute Gasteiger partial charge is 0.499 e. The van der Waals surface area contributed by atoms with Crippen LogP contribution in [0.1, 0.15) is 25.5 Å². The van der Waals surface area contributed by atoms with Gasteiger partial charge in [0.2, 0.25) is 0 Å². The van der Waals surface area contributed by atoms with Crippen molar-refractivity contribution in [2.45, 2.75) is 19.8 Å². The Morgan fingerprint density at radius 1 is 1.64 bits per heavy atom. The van der Waals surface area contributed by atoms with Crippen molar-refractivity contribution < 1.29 is 9.84 Å². The van der Waals surface area contributed by atoms with Crippen molar-refractivity contribution in [1.29, 1.82) is 0 Å². The van der Waals surface area contributed by atoms with Gasteiger partial charge < -0.3 is 10.3 Å². The van der Waals surface area contributed by atoms with Gasteiger partial charge in [-0.05, 0) is 4.98 Å². The molecule has 60 valence electrons. The highest BCUT2D eigenvalue weighted by Gasteiger charge is 2.10. The van der Waals surface area contributed by atoms with Gasteiger partial charge >= 0.3 is 6.01 Å². The van der Waals surface area contributed by atoms with Gasteiger partial charge in [-0.15, -0.1) is 0 Å². The number of hydrogen-bond acceptors (Lipinski definition) is 3. The van der Waals surface area contributed by atoms with Gasteiger partial charge in [-0.3, -0.25) is 0 Å². The van der Waals surface area contributed by atoms with Crippen LogP contribution >= 0.6 is 0 Å². The molecule has 0 aliphatic carbocycles. The first kappa shape index (κ1) is 7.78. The fourth-order valence-electron chi connectivity index (χ4n) is 0.734. The third-order valence-corrected chi connectivity index (χ3v) is 1.40. The molecule has 4 heteroatoms. The normalized spacial score (nSPS) is 10.5. The zero-order valence-electron chi connectivity index (χ0n) is 6.48. The first-order chi connectivity index (χ1) is 5.11. The number of aromatic hydroxyl groups is 1. The van der Waals surface area contributed by atoms with Gasteiger partial charge in [-0.2, -0.15) is 0 Å². The monoisotopic (exact) mass is 154 g/mol. The highest BCUT2D eigenvalue weighted by atomic mass is 16.5. The van der Waals surface area contributed by atoms with E-state index in [1.165, 1.54) is 6.20 Å². The summed E-state index contributed by atoms with van der Waals surface area (Å²) in [5.41, 5.74) is 0.717. The van der Waals surface area contributed by atoms with Gasteiger partial charge in [0.25, 0.3) is 0 Å². The summed E-state index contributed by atoms with van der Waals surface area (Å²) in [4.78, 5) is 3.68. The Hall–Kier alpha value is -1.32. The molecule has 0 radical (unpaired) electrons. The molecule has 0 spiro atoms. The van der Waals surface area contributed by atoms with Crippen molar-refractivity contribution in [1.82, 2.24) is 4.98 Å². The van der Waals surface area contributed by atoms with Crippen LogP contribution in [0.25, 0.3) is 0 Å². The summed E-state index contributed by atoms with van der Waals surface area (Å²) in [7, 11) is 0. The maximum atomic E-state index is 10.6. The molecular formula is C7H10N2O2. The SMILES string of the molecule is CC(C)c1cc[n+]([O-])c(O)n1. The van der Waals surface area contributed by atoms with E-state index in [-0.39, 0.29) is 5.92 Å². The second-order valence-corrected chi connectivity index (χ2v) is 2.63. The molecule has 1 N–H and O–H groups in total. The van der Waals surface area contributed by atoms with E-state index in [1.54, 1.807) is 6.07 Å². The Kier molecular flexibility index (Phi) is 1.94. The molecular weight excluding hydrogens is 144 g/mol. The van der Waals surface area contributed by atoms with Crippen LogP contribution in [0.15, 0.2) is 12.3 Å². The highest BCUT2D eigenvalue weighted by molar-refractivity contribution is 5.04. The van der Waals surface area contributed by atoms with Crippen molar-refractivity contribution >= 4 is 0 Å². The average Bonchev–Trinajstić information content (AvgIpc) is 1.94. The molecule has 1 aromatic rings. The minimum absolute atomic E-state index is 0.224. The standard InChI is InChI=1S/C7H10N2O2/c1-5(2)6-3-4-9(11)7(10)8-6/h3-5H,1-2H3,(H,8,10). The van der Waals surface area contributed by atoms with Gasteiger partial charge in [0.05, 0.1) is 0 Å². The molecule has 0 saturated heterocycles. The van der Waals surface area contributed by atoms with Crippen LogP contribution in [0.5, 0.6) is 6.01 Å². The van der Waals surface area contributed by atoms with Gasteiger partial charge in [-0.1, -0.05) is 13.8 Å². The minimum atomic E-state index is -0.490. The highest BCUT2D eigenvalue weighted by Crippen LogP contribution is 2.10. The quantitative estimate of drug-likeness (QED) is 0.474. The van der Waals surface area contributed by atoms with Crippen molar-refractivity contribution in [3.05, 3.63) is 23.2 Å². The molecule has 11 heavy (non-hydrogen) atoms. The second-order valence-electron chi connectivity index (χ2n) is 2.63. The van der Waals surface area contributed by atoms with E-state index in [9.17, 15) is 5.21 Å². The van der Waals surface area contributed by atoms with Crippen molar-refractivity contribution in [3.8, 4) is 6.01 Å². The number of rotatable bonds is 1. The Labute approximate surface area is 64.7 Å². The molecule has 0 fully saturated rings. The molecule has 4 nitrogen and oxygen atoms in total. The lowest BCUT2D eigenvalue weighted by atomic mass is 10.1. The lowest BCUT2D eigenvalue weighted by Gasteiger charge is -2.02. The third-order valence-electron chi connectivity index (χ3n) is 1.40. The molecule has 1 rings (SSSR count). The van der Waals surface area contributed by atoms with Crippen molar-refractivity contribution in [2.75, 3.05) is 0 Å². The molecule has 0 amide bonds. The molecule has 1 heterocycles. The molecule has 0 aliphatic heterocycles. The van der Waals surface area contributed by atoms with Crippen LogP contribution in [0.3, 0.4) is 0 Å². The van der Waals surface area contributed by atoms with Crippen LogP contribution in [-0.4, -0.2) is 10.1 Å². The van der Waals surface area contributed by atoms with Crippen LogP contribution in [0.4, 0.5) is 0 Å². The van der Waals surface area contributed by atoms with E-state index in [4.69, 9.17) is 5.11 Å². The topological polar surface area (TPSA) is 60.1 Å². The van der Waals surface area contributed by atoms with E-state index >= 15 is 0 Å². The minimum Gasteiger partial charge on any atom is -0.708 e. The van der Waals surface area contributed by atoms with Crippen LogP contribution in [-0.2, 0) is 0 Å². The summed E-state index contributed by atoms with van der Waals surface area (Å²) in [6.45, 7) is 3.88. The van der Waals surface area contributed by atoms with Crippen molar-refractivity contribution in [2.24, 2.45) is 0 Å². The second kappa shape index (κ2) is 2.74. The third kappa shape index (κ3) is 1.58. The lowest BCUT2D eigenvalue weighted by molar-refractivity contribution is -0.617. The van der Waals surface area contributed by atoms with E-state index in [0.717, 1.165) is 5.69 Å². The van der Waals surface area contributed by atoms with Crippen LogP contribution in [0, 0.1) is 5.21 Å². The van der Waals surface area contributed by atoms with Crippen LogP contribution in [0.2, 0.25) is 0 Å². The first-order valence-electron chi connectivity index (χ1n) is 3.40. The summed E-state index contributed by atoms with van der Waals surface area (Å²) >= 11 is 0. The number of nitrogens with zero attached hydrogens (tertiary/aromatic N) is 2. The average molecular weight is 154 g/mol. The summed E-state index contributed by atoms with van der Waals surface area (Å²) in [6.07, 6.45) is 1.25. The van der Waals surface area contributed by atoms with E-state index in [1.807, 2.05) is 13.8 Å². The van der Waals surface area contributed by atoms with Gasteiger partial charge in [0.15, 0.2) is 5.69 Å². The Morgan fingerprint density at radius 3 is 2.73 bits per heavy atom. The largest absolute Gasteiger partial charge is 0.708 e. The Morgan fingerprint density at radius 2 is 2.27 bits per heavy atom. The van der Waals surface area contributed by atoms with Gasteiger partial charge in [-0.25, -0.2) is 4.73 Å². The number of hydrogen-bond donors (Lipinski definition) is 1. The predicted octanol–water partition coefficient (Wildman–Crippen LogP) is 0.544. The van der Waals surface area contributed by atoms with E-state index < -0.39 is 6.01 Å². The predicted molar refractivity (Wildman–Crippen MR) is 39.0 cm³/mol. The summed E-state index contributed by atoms with van der Waals surface area (Å²) in [6, 6.07) is 1.11. The zero-order valence-corrected chi connectivity index (χ0v) is 6.48. The molecule has 0 aliphatic rings. The van der Waals surface area contributed by atoms with Gasteiger partial charge in [0, 0.05) is 12.0 Å². The maximum absolute atomic E-state index is 10.6. The van der Waals surface area contributed by atoms with Crippen molar-refractivity contribution in [3.63, 3.8) is 0 Å². The maximum Gasteiger partial charge on any atom is 0.499 e. The Balaban J connectivity index is 3.05. The molecule has 0 saturated carbocycles. The van der Waals surface area contributed by atoms with E-state index in [2.05, 4.69) is 4.98 Å².